The lowest BCUT2D eigenvalue weighted by molar-refractivity contribution is 0.0929. The Morgan fingerprint density at radius 2 is 2.10 bits per heavy atom. The number of hydrogen-bond donors (Lipinski definition) is 2. The summed E-state index contributed by atoms with van der Waals surface area (Å²) < 4.78 is 1.62. The molecule has 2 aromatic rings. The Morgan fingerprint density at radius 1 is 1.40 bits per heavy atom. The fourth-order valence-electron chi connectivity index (χ4n) is 2.20. The first-order valence-electron chi connectivity index (χ1n) is 6.58. The predicted octanol–water partition coefficient (Wildman–Crippen LogP) is 1.58. The van der Waals surface area contributed by atoms with Crippen LogP contribution in [0.25, 0.3) is 0 Å². The molecule has 5 heteroatoms. The largest absolute Gasteiger partial charge is 0.396 e. The molecule has 106 valence electrons. The van der Waals surface area contributed by atoms with E-state index in [0.29, 0.717) is 17.7 Å². The molecule has 0 aliphatic heterocycles. The normalized spacial score (nSPS) is 12.2. The number of amides is 1. The van der Waals surface area contributed by atoms with Crippen molar-refractivity contribution in [3.63, 3.8) is 0 Å². The second-order valence-electron chi connectivity index (χ2n) is 4.75. The topological polar surface area (TPSA) is 67.2 Å². The van der Waals surface area contributed by atoms with E-state index in [4.69, 9.17) is 0 Å². The highest BCUT2D eigenvalue weighted by Crippen LogP contribution is 2.17. The lowest BCUT2D eigenvalue weighted by Crippen LogP contribution is -2.29. The van der Waals surface area contributed by atoms with Crippen molar-refractivity contribution in [3.8, 4) is 0 Å². The highest BCUT2D eigenvalue weighted by molar-refractivity contribution is 5.95. The number of hydrogen-bond acceptors (Lipinski definition) is 3. The van der Waals surface area contributed by atoms with E-state index in [1.54, 1.807) is 24.9 Å². The Bertz CT molecular complexity index is 578. The number of nitrogens with one attached hydrogen (secondary N) is 1. The summed E-state index contributed by atoms with van der Waals surface area (Å²) in [6.07, 6.45) is 2.18. The van der Waals surface area contributed by atoms with E-state index in [9.17, 15) is 9.90 Å². The Kier molecular flexibility index (Phi) is 4.53. The first-order chi connectivity index (χ1) is 9.61. The van der Waals surface area contributed by atoms with E-state index in [0.717, 1.165) is 5.56 Å². The maximum absolute atomic E-state index is 12.3. The van der Waals surface area contributed by atoms with Gasteiger partial charge >= 0.3 is 0 Å². The molecular formula is C15H19N3O2. The van der Waals surface area contributed by atoms with Crippen molar-refractivity contribution >= 4 is 5.91 Å². The Balaban J connectivity index is 2.16. The van der Waals surface area contributed by atoms with Crippen LogP contribution in [0.3, 0.4) is 0 Å². The van der Waals surface area contributed by atoms with Gasteiger partial charge in [-0.15, -0.1) is 0 Å². The summed E-state index contributed by atoms with van der Waals surface area (Å²) in [4.78, 5) is 12.3. The molecule has 1 amide bonds. The Morgan fingerprint density at radius 3 is 2.65 bits per heavy atom. The van der Waals surface area contributed by atoms with Crippen molar-refractivity contribution in [2.75, 3.05) is 6.61 Å². The van der Waals surface area contributed by atoms with Crippen molar-refractivity contribution < 1.29 is 9.90 Å². The van der Waals surface area contributed by atoms with E-state index in [1.165, 1.54) is 0 Å². The summed E-state index contributed by atoms with van der Waals surface area (Å²) >= 11 is 0. The Hall–Kier alpha value is -2.14. The van der Waals surface area contributed by atoms with Crippen LogP contribution in [0, 0.1) is 6.92 Å². The number of aromatic nitrogens is 2. The molecule has 0 bridgehead atoms. The van der Waals surface area contributed by atoms with Crippen LogP contribution in [-0.2, 0) is 7.05 Å². The van der Waals surface area contributed by atoms with Crippen LogP contribution in [0.2, 0.25) is 0 Å². The number of nitrogens with zero attached hydrogens (tertiary/aromatic N) is 2. The fourth-order valence-corrected chi connectivity index (χ4v) is 2.20. The summed E-state index contributed by atoms with van der Waals surface area (Å²) in [5.74, 6) is -0.169. The number of aliphatic hydroxyl groups excluding tert-OH is 1. The second kappa shape index (κ2) is 6.34. The molecular weight excluding hydrogens is 254 g/mol. The van der Waals surface area contributed by atoms with Crippen molar-refractivity contribution in [2.24, 2.45) is 7.05 Å². The summed E-state index contributed by atoms with van der Waals surface area (Å²) in [7, 11) is 1.78. The smallest absolute Gasteiger partial charge is 0.255 e. The first kappa shape index (κ1) is 14.3. The fraction of sp³-hybridized carbons (Fsp3) is 0.333. The van der Waals surface area contributed by atoms with Crippen molar-refractivity contribution in [1.29, 1.82) is 0 Å². The zero-order chi connectivity index (χ0) is 14.5. The second-order valence-corrected chi connectivity index (χ2v) is 4.75. The molecule has 1 unspecified atom stereocenters. The maximum atomic E-state index is 12.3. The third kappa shape index (κ3) is 3.24. The monoisotopic (exact) mass is 273 g/mol. The quantitative estimate of drug-likeness (QED) is 0.869. The van der Waals surface area contributed by atoms with Gasteiger partial charge in [-0.3, -0.25) is 9.48 Å². The van der Waals surface area contributed by atoms with Gasteiger partial charge in [0.25, 0.3) is 5.91 Å². The van der Waals surface area contributed by atoms with E-state index in [1.807, 2.05) is 30.3 Å². The lowest BCUT2D eigenvalue weighted by Gasteiger charge is -2.18. The summed E-state index contributed by atoms with van der Waals surface area (Å²) in [6.45, 7) is 1.82. The van der Waals surface area contributed by atoms with Crippen LogP contribution >= 0.6 is 0 Å². The molecule has 0 saturated carbocycles. The number of carbonyl (C=O) groups excluding carboxylic acids is 1. The summed E-state index contributed by atoms with van der Waals surface area (Å²) in [5.41, 5.74) is 2.24. The van der Waals surface area contributed by atoms with E-state index < -0.39 is 0 Å². The van der Waals surface area contributed by atoms with Gasteiger partial charge in [-0.2, -0.15) is 5.10 Å². The van der Waals surface area contributed by atoms with Crippen LogP contribution < -0.4 is 5.32 Å². The van der Waals surface area contributed by atoms with Gasteiger partial charge in [-0.25, -0.2) is 0 Å². The predicted molar refractivity (Wildman–Crippen MR) is 76.3 cm³/mol. The van der Waals surface area contributed by atoms with Gasteiger partial charge in [-0.1, -0.05) is 30.3 Å². The molecule has 0 spiro atoms. The molecule has 1 aromatic carbocycles. The molecule has 0 aliphatic carbocycles. The lowest BCUT2D eigenvalue weighted by atomic mass is 10.0. The highest BCUT2D eigenvalue weighted by atomic mass is 16.3. The zero-order valence-electron chi connectivity index (χ0n) is 11.7. The van der Waals surface area contributed by atoms with Crippen LogP contribution in [0.15, 0.2) is 36.5 Å². The molecule has 1 atom stereocenters. The Labute approximate surface area is 118 Å². The number of benzene rings is 1. The molecule has 0 saturated heterocycles. The first-order valence-corrected chi connectivity index (χ1v) is 6.58. The minimum atomic E-state index is -0.201. The van der Waals surface area contributed by atoms with Gasteiger partial charge < -0.3 is 10.4 Å². The molecule has 0 fully saturated rings. The minimum Gasteiger partial charge on any atom is -0.396 e. The van der Waals surface area contributed by atoms with Crippen LogP contribution in [0.1, 0.15) is 34.1 Å². The minimum absolute atomic E-state index is 0.0197. The van der Waals surface area contributed by atoms with Crippen molar-refractivity contribution in [2.45, 2.75) is 19.4 Å². The van der Waals surface area contributed by atoms with Gasteiger partial charge in [0.05, 0.1) is 17.3 Å². The van der Waals surface area contributed by atoms with Crippen LogP contribution in [0.4, 0.5) is 0 Å². The molecule has 2 rings (SSSR count). The number of rotatable bonds is 5. The number of carbonyl (C=O) groups is 1. The molecule has 0 radical (unpaired) electrons. The van der Waals surface area contributed by atoms with Gasteiger partial charge in [0.2, 0.25) is 0 Å². The standard InChI is InChI=1S/C15H19N3O2/c1-11-13(10-18(2)17-11)15(20)16-14(8-9-19)12-6-4-3-5-7-12/h3-7,10,14,19H,8-9H2,1-2H3,(H,16,20). The zero-order valence-corrected chi connectivity index (χ0v) is 11.7. The SMILES string of the molecule is Cc1nn(C)cc1C(=O)NC(CCO)c1ccccc1. The molecule has 0 aliphatic rings. The van der Waals surface area contributed by atoms with Gasteiger partial charge in [0.15, 0.2) is 0 Å². The average molecular weight is 273 g/mol. The average Bonchev–Trinajstić information content (AvgIpc) is 2.78. The van der Waals surface area contributed by atoms with Gasteiger partial charge in [0.1, 0.15) is 0 Å². The van der Waals surface area contributed by atoms with Crippen LogP contribution in [-0.4, -0.2) is 27.4 Å². The van der Waals surface area contributed by atoms with Crippen molar-refractivity contribution in [1.82, 2.24) is 15.1 Å². The molecule has 20 heavy (non-hydrogen) atoms. The van der Waals surface area contributed by atoms with E-state index in [2.05, 4.69) is 10.4 Å². The molecule has 2 N–H and O–H groups in total. The van der Waals surface area contributed by atoms with Gasteiger partial charge in [-0.05, 0) is 18.9 Å². The summed E-state index contributed by atoms with van der Waals surface area (Å²) in [5, 5.41) is 16.3. The summed E-state index contributed by atoms with van der Waals surface area (Å²) in [6, 6.07) is 9.44. The maximum Gasteiger partial charge on any atom is 0.255 e. The number of aliphatic hydroxyl groups is 1. The molecule has 1 heterocycles. The third-order valence-corrected chi connectivity index (χ3v) is 3.18. The van der Waals surface area contributed by atoms with Gasteiger partial charge in [0, 0.05) is 19.9 Å². The highest BCUT2D eigenvalue weighted by Gasteiger charge is 2.18. The molecule has 5 nitrogen and oxygen atoms in total. The van der Waals surface area contributed by atoms with Crippen molar-refractivity contribution in [3.05, 3.63) is 53.3 Å². The number of aryl methyl sites for hydroxylation is 2. The third-order valence-electron chi connectivity index (χ3n) is 3.18. The van der Waals surface area contributed by atoms with E-state index >= 15 is 0 Å². The van der Waals surface area contributed by atoms with E-state index in [-0.39, 0.29) is 18.6 Å². The van der Waals surface area contributed by atoms with Crippen LogP contribution in [0.5, 0.6) is 0 Å². The molecule has 1 aromatic heterocycles.